The van der Waals surface area contributed by atoms with Crippen LogP contribution in [0.1, 0.15) is 18.4 Å². The standard InChI is InChI=1S/C20H29N5O/c1-21-19(24-15-20(25(2)3)9-12-26-13-10-20)23-14-16-8-11-22-18-7-5-4-6-17(16)18/h4-8,11H,9-10,12-15H2,1-3H3,(H2,21,23,24). The zero-order chi connectivity index (χ0) is 18.4. The van der Waals surface area contributed by atoms with Gasteiger partial charge in [-0.3, -0.25) is 9.98 Å². The molecule has 1 aromatic heterocycles. The highest BCUT2D eigenvalue weighted by molar-refractivity contribution is 5.83. The fraction of sp³-hybridized carbons (Fsp3) is 0.500. The molecule has 6 heteroatoms. The Bertz CT molecular complexity index is 747. The monoisotopic (exact) mass is 355 g/mol. The molecule has 2 N–H and O–H groups in total. The third-order valence-electron chi connectivity index (χ3n) is 5.37. The van der Waals surface area contributed by atoms with Gasteiger partial charge in [0, 0.05) is 50.5 Å². The SMILES string of the molecule is CN=C(NCc1ccnc2ccccc12)NCC1(N(C)C)CCOCC1. The highest BCUT2D eigenvalue weighted by Gasteiger charge is 2.34. The van der Waals surface area contributed by atoms with E-state index in [0.717, 1.165) is 44.1 Å². The average Bonchev–Trinajstić information content (AvgIpc) is 2.68. The van der Waals surface area contributed by atoms with Gasteiger partial charge in [0.2, 0.25) is 0 Å². The number of hydrogen-bond acceptors (Lipinski definition) is 4. The van der Waals surface area contributed by atoms with E-state index in [1.807, 2.05) is 31.4 Å². The molecule has 1 aliphatic heterocycles. The second kappa shape index (κ2) is 8.47. The van der Waals surface area contributed by atoms with E-state index >= 15 is 0 Å². The molecule has 1 saturated heterocycles. The number of para-hydroxylation sites is 1. The number of aliphatic imine (C=N–C) groups is 1. The van der Waals surface area contributed by atoms with E-state index in [2.05, 4.69) is 51.7 Å². The summed E-state index contributed by atoms with van der Waals surface area (Å²) in [4.78, 5) is 11.1. The lowest BCUT2D eigenvalue weighted by atomic mass is 9.88. The molecule has 0 saturated carbocycles. The van der Waals surface area contributed by atoms with Crippen LogP contribution >= 0.6 is 0 Å². The molecule has 1 aliphatic rings. The second-order valence-corrected chi connectivity index (χ2v) is 7.00. The van der Waals surface area contributed by atoms with Crippen molar-refractivity contribution in [2.45, 2.75) is 24.9 Å². The largest absolute Gasteiger partial charge is 0.381 e. The molecule has 1 aromatic carbocycles. The fourth-order valence-corrected chi connectivity index (χ4v) is 3.49. The number of guanidine groups is 1. The molecule has 1 fully saturated rings. The van der Waals surface area contributed by atoms with E-state index in [0.29, 0.717) is 6.54 Å². The summed E-state index contributed by atoms with van der Waals surface area (Å²) in [6.45, 7) is 3.19. The zero-order valence-electron chi connectivity index (χ0n) is 16.0. The highest BCUT2D eigenvalue weighted by Crippen LogP contribution is 2.25. The maximum absolute atomic E-state index is 5.55. The van der Waals surface area contributed by atoms with Crippen molar-refractivity contribution in [1.82, 2.24) is 20.5 Å². The Morgan fingerprint density at radius 2 is 1.96 bits per heavy atom. The number of fused-ring (bicyclic) bond motifs is 1. The maximum Gasteiger partial charge on any atom is 0.191 e. The van der Waals surface area contributed by atoms with Crippen LogP contribution in [0, 0.1) is 0 Å². The van der Waals surface area contributed by atoms with Crippen LogP contribution in [0.15, 0.2) is 41.5 Å². The van der Waals surface area contributed by atoms with Crippen molar-refractivity contribution < 1.29 is 4.74 Å². The third-order valence-corrected chi connectivity index (χ3v) is 5.37. The lowest BCUT2D eigenvalue weighted by molar-refractivity contribution is -0.00501. The van der Waals surface area contributed by atoms with E-state index in [9.17, 15) is 0 Å². The van der Waals surface area contributed by atoms with Gasteiger partial charge in [-0.2, -0.15) is 0 Å². The number of nitrogens with one attached hydrogen (secondary N) is 2. The molecule has 0 spiro atoms. The first-order chi connectivity index (χ1) is 12.6. The van der Waals surface area contributed by atoms with Gasteiger partial charge in [0.1, 0.15) is 0 Å². The molecule has 0 unspecified atom stereocenters. The molecule has 6 nitrogen and oxygen atoms in total. The van der Waals surface area contributed by atoms with Crippen molar-refractivity contribution >= 4 is 16.9 Å². The van der Waals surface area contributed by atoms with Crippen LogP contribution in [-0.4, -0.2) is 62.3 Å². The molecule has 140 valence electrons. The van der Waals surface area contributed by atoms with Crippen molar-refractivity contribution in [2.75, 3.05) is 40.9 Å². The lowest BCUT2D eigenvalue weighted by Gasteiger charge is -2.43. The Hall–Kier alpha value is -2.18. The Morgan fingerprint density at radius 1 is 1.19 bits per heavy atom. The second-order valence-electron chi connectivity index (χ2n) is 7.00. The summed E-state index contributed by atoms with van der Waals surface area (Å²) in [7, 11) is 6.10. The van der Waals surface area contributed by atoms with E-state index < -0.39 is 0 Å². The van der Waals surface area contributed by atoms with Crippen LogP contribution in [0.3, 0.4) is 0 Å². The summed E-state index contributed by atoms with van der Waals surface area (Å²) in [6.07, 6.45) is 3.91. The Morgan fingerprint density at radius 3 is 2.69 bits per heavy atom. The molecule has 26 heavy (non-hydrogen) atoms. The van der Waals surface area contributed by atoms with Gasteiger partial charge >= 0.3 is 0 Å². The minimum absolute atomic E-state index is 0.110. The van der Waals surface area contributed by atoms with Crippen LogP contribution in [-0.2, 0) is 11.3 Å². The number of nitrogens with zero attached hydrogens (tertiary/aromatic N) is 3. The minimum Gasteiger partial charge on any atom is -0.381 e. The molecule has 0 aliphatic carbocycles. The molecule has 0 atom stereocenters. The van der Waals surface area contributed by atoms with Gasteiger partial charge in [-0.25, -0.2) is 0 Å². The smallest absolute Gasteiger partial charge is 0.191 e. The van der Waals surface area contributed by atoms with Gasteiger partial charge < -0.3 is 20.3 Å². The fourth-order valence-electron chi connectivity index (χ4n) is 3.49. The van der Waals surface area contributed by atoms with Gasteiger partial charge in [-0.15, -0.1) is 0 Å². The number of benzene rings is 1. The number of likely N-dealkylation sites (N-methyl/N-ethyl adjacent to an activating group) is 1. The first-order valence-corrected chi connectivity index (χ1v) is 9.17. The quantitative estimate of drug-likeness (QED) is 0.635. The van der Waals surface area contributed by atoms with Crippen molar-refractivity contribution in [3.63, 3.8) is 0 Å². The van der Waals surface area contributed by atoms with E-state index in [-0.39, 0.29) is 5.54 Å². The number of aromatic nitrogens is 1. The summed E-state index contributed by atoms with van der Waals surface area (Å²) in [6, 6.07) is 10.3. The Kier molecular flexibility index (Phi) is 6.06. The minimum atomic E-state index is 0.110. The molecular weight excluding hydrogens is 326 g/mol. The van der Waals surface area contributed by atoms with E-state index in [1.54, 1.807) is 0 Å². The molecule has 3 rings (SSSR count). The van der Waals surface area contributed by atoms with Crippen molar-refractivity contribution in [3.05, 3.63) is 42.1 Å². The van der Waals surface area contributed by atoms with Crippen molar-refractivity contribution in [1.29, 1.82) is 0 Å². The summed E-state index contributed by atoms with van der Waals surface area (Å²) in [5.74, 6) is 0.818. The van der Waals surface area contributed by atoms with Crippen molar-refractivity contribution in [3.8, 4) is 0 Å². The van der Waals surface area contributed by atoms with Gasteiger partial charge in [0.05, 0.1) is 5.52 Å². The summed E-state index contributed by atoms with van der Waals surface area (Å²) in [5.41, 5.74) is 2.34. The first-order valence-electron chi connectivity index (χ1n) is 9.17. The normalized spacial score (nSPS) is 17.5. The molecule has 0 amide bonds. The van der Waals surface area contributed by atoms with Gasteiger partial charge in [0.25, 0.3) is 0 Å². The maximum atomic E-state index is 5.55. The number of hydrogen-bond donors (Lipinski definition) is 2. The average molecular weight is 355 g/mol. The molecule has 2 aromatic rings. The van der Waals surface area contributed by atoms with Crippen LogP contribution in [0.2, 0.25) is 0 Å². The first kappa shape index (κ1) is 18.6. The zero-order valence-corrected chi connectivity index (χ0v) is 16.0. The predicted molar refractivity (Wildman–Crippen MR) is 106 cm³/mol. The Balaban J connectivity index is 1.63. The molecule has 0 radical (unpaired) electrons. The number of ether oxygens (including phenoxy) is 1. The van der Waals surface area contributed by atoms with Crippen LogP contribution in [0.25, 0.3) is 10.9 Å². The van der Waals surface area contributed by atoms with Gasteiger partial charge in [-0.05, 0) is 44.6 Å². The van der Waals surface area contributed by atoms with E-state index in [4.69, 9.17) is 4.74 Å². The molecular formula is C20H29N5O. The number of pyridine rings is 1. The van der Waals surface area contributed by atoms with E-state index in [1.165, 1.54) is 10.9 Å². The van der Waals surface area contributed by atoms with Crippen molar-refractivity contribution in [2.24, 2.45) is 4.99 Å². The predicted octanol–water partition coefficient (Wildman–Crippen LogP) is 2.01. The van der Waals surface area contributed by atoms with Crippen LogP contribution in [0.5, 0.6) is 0 Å². The lowest BCUT2D eigenvalue weighted by Crippen LogP contribution is -2.57. The van der Waals surface area contributed by atoms with Crippen LogP contribution < -0.4 is 10.6 Å². The van der Waals surface area contributed by atoms with Gasteiger partial charge in [-0.1, -0.05) is 18.2 Å². The highest BCUT2D eigenvalue weighted by atomic mass is 16.5. The summed E-state index contributed by atoms with van der Waals surface area (Å²) < 4.78 is 5.55. The Labute approximate surface area is 155 Å². The molecule has 0 bridgehead atoms. The van der Waals surface area contributed by atoms with Gasteiger partial charge in [0.15, 0.2) is 5.96 Å². The third kappa shape index (κ3) is 4.14. The summed E-state index contributed by atoms with van der Waals surface area (Å²) in [5, 5.41) is 8.11. The summed E-state index contributed by atoms with van der Waals surface area (Å²) >= 11 is 0. The van der Waals surface area contributed by atoms with Crippen LogP contribution in [0.4, 0.5) is 0 Å². The topological polar surface area (TPSA) is 61.8 Å². The number of rotatable bonds is 5. The molecule has 2 heterocycles.